The Labute approximate surface area is 184 Å². The van der Waals surface area contributed by atoms with Gasteiger partial charge < -0.3 is 16.4 Å². The molecule has 1 atom stereocenters. The Morgan fingerprint density at radius 2 is 1.72 bits per heavy atom. The second-order valence-corrected chi connectivity index (χ2v) is 6.74. The molecule has 0 fully saturated rings. The van der Waals surface area contributed by atoms with E-state index < -0.39 is 11.6 Å². The number of amides is 2. The van der Waals surface area contributed by atoms with Crippen molar-refractivity contribution in [1.29, 1.82) is 0 Å². The summed E-state index contributed by atoms with van der Waals surface area (Å²) in [4.78, 5) is 29.4. The standard InChI is InChI=1S/C21H28N4O2.2ClH/c1-3-21(22,4-2)15-24-20(27)18(13-16-9-8-12-23-14-16)25-19(26)17-10-6-5-7-11-17;;/h5-12,14,18H,3-4,13,15,22H2,1-2H3,(H,24,27)(H,25,26);2*1H. The fraction of sp³-hybridized carbons (Fsp3) is 0.381. The van der Waals surface area contributed by atoms with Crippen molar-refractivity contribution in [1.82, 2.24) is 15.6 Å². The highest BCUT2D eigenvalue weighted by atomic mass is 35.5. The second-order valence-electron chi connectivity index (χ2n) is 6.74. The number of hydrogen-bond acceptors (Lipinski definition) is 4. The highest BCUT2D eigenvalue weighted by molar-refractivity contribution is 5.97. The molecule has 0 bridgehead atoms. The summed E-state index contributed by atoms with van der Waals surface area (Å²) in [7, 11) is 0. The fourth-order valence-corrected chi connectivity index (χ4v) is 2.68. The Kier molecular flexibility index (Phi) is 12.2. The lowest BCUT2D eigenvalue weighted by Gasteiger charge is -2.28. The van der Waals surface area contributed by atoms with E-state index in [0.29, 0.717) is 18.5 Å². The molecule has 0 aliphatic rings. The molecule has 29 heavy (non-hydrogen) atoms. The van der Waals surface area contributed by atoms with E-state index in [1.807, 2.05) is 32.0 Å². The zero-order chi connectivity index (χ0) is 19.7. The van der Waals surface area contributed by atoms with Crippen LogP contribution in [-0.4, -0.2) is 34.9 Å². The molecule has 1 heterocycles. The maximum absolute atomic E-state index is 12.8. The van der Waals surface area contributed by atoms with Crippen LogP contribution in [0.2, 0.25) is 0 Å². The number of nitrogens with zero attached hydrogens (tertiary/aromatic N) is 1. The first-order valence-corrected chi connectivity index (χ1v) is 9.29. The normalized spacial score (nSPS) is 11.4. The van der Waals surface area contributed by atoms with Gasteiger partial charge in [0.2, 0.25) is 5.91 Å². The lowest BCUT2D eigenvalue weighted by molar-refractivity contribution is -0.123. The minimum atomic E-state index is -0.708. The van der Waals surface area contributed by atoms with E-state index in [2.05, 4.69) is 15.6 Å². The van der Waals surface area contributed by atoms with Gasteiger partial charge in [0.1, 0.15) is 6.04 Å². The summed E-state index contributed by atoms with van der Waals surface area (Å²) >= 11 is 0. The van der Waals surface area contributed by atoms with E-state index in [-0.39, 0.29) is 36.6 Å². The van der Waals surface area contributed by atoms with E-state index in [1.54, 1.807) is 36.7 Å². The number of carbonyl (C=O) groups excluding carboxylic acids is 2. The van der Waals surface area contributed by atoms with Gasteiger partial charge in [-0.2, -0.15) is 0 Å². The third kappa shape index (κ3) is 8.40. The van der Waals surface area contributed by atoms with Crippen LogP contribution in [0.15, 0.2) is 54.9 Å². The Hall–Kier alpha value is -2.15. The molecule has 0 saturated heterocycles. The van der Waals surface area contributed by atoms with Gasteiger partial charge in [-0.05, 0) is 36.6 Å². The fourth-order valence-electron chi connectivity index (χ4n) is 2.68. The monoisotopic (exact) mass is 440 g/mol. The molecule has 1 aromatic heterocycles. The molecule has 4 N–H and O–H groups in total. The first-order valence-electron chi connectivity index (χ1n) is 9.29. The zero-order valence-electron chi connectivity index (χ0n) is 16.8. The lowest BCUT2D eigenvalue weighted by atomic mass is 9.94. The molecule has 2 amide bonds. The lowest BCUT2D eigenvalue weighted by Crippen LogP contribution is -2.54. The number of aromatic nitrogens is 1. The van der Waals surface area contributed by atoms with Gasteiger partial charge in [0.05, 0.1) is 0 Å². The number of pyridine rings is 1. The van der Waals surface area contributed by atoms with Crippen LogP contribution >= 0.6 is 24.8 Å². The SMILES string of the molecule is CCC(N)(CC)CNC(=O)C(Cc1cccnc1)NC(=O)c1ccccc1.Cl.Cl. The summed E-state index contributed by atoms with van der Waals surface area (Å²) in [6, 6.07) is 11.8. The summed E-state index contributed by atoms with van der Waals surface area (Å²) in [6.07, 6.45) is 5.24. The molecule has 0 aliphatic carbocycles. The second kappa shape index (κ2) is 13.1. The number of halogens is 2. The van der Waals surface area contributed by atoms with E-state index in [0.717, 1.165) is 18.4 Å². The molecule has 2 rings (SSSR count). The van der Waals surface area contributed by atoms with E-state index >= 15 is 0 Å². The van der Waals surface area contributed by atoms with Gasteiger partial charge in [-0.25, -0.2) is 0 Å². The van der Waals surface area contributed by atoms with Gasteiger partial charge in [0, 0.05) is 36.5 Å². The number of nitrogens with two attached hydrogens (primary N) is 1. The highest BCUT2D eigenvalue weighted by Gasteiger charge is 2.26. The van der Waals surface area contributed by atoms with Crippen LogP contribution in [0.3, 0.4) is 0 Å². The number of hydrogen-bond donors (Lipinski definition) is 3. The quantitative estimate of drug-likeness (QED) is 0.558. The third-order valence-corrected chi connectivity index (χ3v) is 4.84. The average Bonchev–Trinajstić information content (AvgIpc) is 2.72. The first kappa shape index (κ1) is 26.9. The molecule has 0 saturated carbocycles. The molecule has 0 aliphatic heterocycles. The van der Waals surface area contributed by atoms with Crippen LogP contribution in [0.25, 0.3) is 0 Å². The number of carbonyl (C=O) groups is 2. The molecule has 0 spiro atoms. The van der Waals surface area contributed by atoms with Gasteiger partial charge >= 0.3 is 0 Å². The Bertz CT molecular complexity index is 741. The van der Waals surface area contributed by atoms with Crippen molar-refractivity contribution < 1.29 is 9.59 Å². The Morgan fingerprint density at radius 1 is 1.07 bits per heavy atom. The number of nitrogens with one attached hydrogen (secondary N) is 2. The maximum Gasteiger partial charge on any atom is 0.251 e. The largest absolute Gasteiger partial charge is 0.352 e. The first-order chi connectivity index (χ1) is 13.0. The van der Waals surface area contributed by atoms with E-state index in [1.165, 1.54) is 0 Å². The van der Waals surface area contributed by atoms with Gasteiger partial charge in [0.15, 0.2) is 0 Å². The molecule has 0 radical (unpaired) electrons. The van der Waals surface area contributed by atoms with Crippen molar-refractivity contribution in [2.24, 2.45) is 5.73 Å². The van der Waals surface area contributed by atoms with Crippen LogP contribution in [0.1, 0.15) is 42.6 Å². The summed E-state index contributed by atoms with van der Waals surface area (Å²) in [5.74, 6) is -0.538. The summed E-state index contributed by atoms with van der Waals surface area (Å²) in [5, 5.41) is 5.74. The summed E-state index contributed by atoms with van der Waals surface area (Å²) in [6.45, 7) is 4.36. The molecule has 2 aromatic rings. The van der Waals surface area contributed by atoms with Crippen molar-refractivity contribution in [3.05, 3.63) is 66.0 Å². The molecule has 8 heteroatoms. The molecular formula is C21H30Cl2N4O2. The van der Waals surface area contributed by atoms with Gasteiger partial charge in [-0.1, -0.05) is 38.1 Å². The van der Waals surface area contributed by atoms with Gasteiger partial charge in [-0.3, -0.25) is 14.6 Å². The minimum absolute atomic E-state index is 0. The predicted molar refractivity (Wildman–Crippen MR) is 121 cm³/mol. The molecular weight excluding hydrogens is 411 g/mol. The zero-order valence-corrected chi connectivity index (χ0v) is 18.4. The van der Waals surface area contributed by atoms with Gasteiger partial charge in [-0.15, -0.1) is 24.8 Å². The summed E-state index contributed by atoms with van der Waals surface area (Å²) in [5.41, 5.74) is 7.21. The molecule has 1 unspecified atom stereocenters. The van der Waals surface area contributed by atoms with Crippen LogP contribution in [0.4, 0.5) is 0 Å². The van der Waals surface area contributed by atoms with Crippen molar-refractivity contribution >= 4 is 36.6 Å². The van der Waals surface area contributed by atoms with Crippen molar-refractivity contribution in [2.75, 3.05) is 6.54 Å². The minimum Gasteiger partial charge on any atom is -0.352 e. The Balaban J connectivity index is 0.00000392. The van der Waals surface area contributed by atoms with Crippen molar-refractivity contribution in [2.45, 2.75) is 44.7 Å². The number of rotatable bonds is 9. The van der Waals surface area contributed by atoms with Crippen molar-refractivity contribution in [3.63, 3.8) is 0 Å². The average molecular weight is 441 g/mol. The van der Waals surface area contributed by atoms with Gasteiger partial charge in [0.25, 0.3) is 5.91 Å². The maximum atomic E-state index is 12.8. The Morgan fingerprint density at radius 3 is 2.28 bits per heavy atom. The van der Waals surface area contributed by atoms with E-state index in [9.17, 15) is 9.59 Å². The van der Waals surface area contributed by atoms with Crippen LogP contribution in [-0.2, 0) is 11.2 Å². The van der Waals surface area contributed by atoms with Crippen LogP contribution in [0.5, 0.6) is 0 Å². The van der Waals surface area contributed by atoms with Crippen LogP contribution in [0, 0.1) is 0 Å². The molecule has 6 nitrogen and oxygen atoms in total. The van der Waals surface area contributed by atoms with Crippen LogP contribution < -0.4 is 16.4 Å². The highest BCUT2D eigenvalue weighted by Crippen LogP contribution is 2.10. The number of benzene rings is 1. The topological polar surface area (TPSA) is 97.1 Å². The smallest absolute Gasteiger partial charge is 0.251 e. The summed E-state index contributed by atoms with van der Waals surface area (Å²) < 4.78 is 0. The van der Waals surface area contributed by atoms with E-state index in [4.69, 9.17) is 5.73 Å². The predicted octanol–water partition coefficient (Wildman–Crippen LogP) is 2.90. The third-order valence-electron chi connectivity index (χ3n) is 4.84. The molecule has 1 aromatic carbocycles. The molecule has 160 valence electrons. The van der Waals surface area contributed by atoms with Crippen molar-refractivity contribution in [3.8, 4) is 0 Å².